The smallest absolute Gasteiger partial charge is 0.276 e. The molecule has 1 amide bonds. The second-order valence-corrected chi connectivity index (χ2v) is 5.73. The van der Waals surface area contributed by atoms with Gasteiger partial charge < -0.3 is 9.42 Å². The number of piperazine rings is 1. The van der Waals surface area contributed by atoms with Crippen LogP contribution in [0.15, 0.2) is 33.7 Å². The molecule has 20 heavy (non-hydrogen) atoms. The third kappa shape index (κ3) is 2.62. The highest BCUT2D eigenvalue weighted by Gasteiger charge is 2.26. The van der Waals surface area contributed by atoms with Crippen LogP contribution in [0.3, 0.4) is 0 Å². The Labute approximate surface area is 121 Å². The van der Waals surface area contributed by atoms with Crippen molar-refractivity contribution in [1.82, 2.24) is 15.0 Å². The van der Waals surface area contributed by atoms with Gasteiger partial charge in [0.25, 0.3) is 5.91 Å². The average Bonchev–Trinajstić information content (AvgIpc) is 3.18. The van der Waals surface area contributed by atoms with Crippen molar-refractivity contribution in [2.45, 2.75) is 13.0 Å². The van der Waals surface area contributed by atoms with Gasteiger partial charge in [0.2, 0.25) is 0 Å². The lowest BCUT2D eigenvalue weighted by molar-refractivity contribution is 0.0573. The molecule has 0 radical (unpaired) electrons. The molecule has 106 valence electrons. The maximum absolute atomic E-state index is 12.2. The Bertz CT molecular complexity index is 545. The fourth-order valence-electron chi connectivity index (χ4n) is 2.52. The molecule has 2 aromatic heterocycles. The molecule has 0 saturated carbocycles. The summed E-state index contributed by atoms with van der Waals surface area (Å²) < 4.78 is 4.73. The third-order valence-corrected chi connectivity index (χ3v) is 4.53. The summed E-state index contributed by atoms with van der Waals surface area (Å²) in [6.45, 7) is 5.47. The molecule has 3 rings (SSSR count). The molecule has 0 spiro atoms. The van der Waals surface area contributed by atoms with Gasteiger partial charge in [0.05, 0.1) is 0 Å². The third-order valence-electron chi connectivity index (χ3n) is 3.83. The van der Waals surface area contributed by atoms with E-state index in [2.05, 4.69) is 33.8 Å². The molecule has 6 heteroatoms. The van der Waals surface area contributed by atoms with Crippen LogP contribution in [0.5, 0.6) is 0 Å². The zero-order valence-corrected chi connectivity index (χ0v) is 12.2. The predicted octanol–water partition coefficient (Wildman–Crippen LogP) is 2.26. The minimum absolute atomic E-state index is 0.0402. The molecular formula is C14H17N3O2S. The van der Waals surface area contributed by atoms with Crippen LogP contribution in [-0.4, -0.2) is 47.0 Å². The first kappa shape index (κ1) is 13.3. The van der Waals surface area contributed by atoms with Gasteiger partial charge in [0.1, 0.15) is 6.26 Å². The Kier molecular flexibility index (Phi) is 3.84. The van der Waals surface area contributed by atoms with Gasteiger partial charge >= 0.3 is 0 Å². The van der Waals surface area contributed by atoms with Crippen molar-refractivity contribution in [1.29, 1.82) is 0 Å². The summed E-state index contributed by atoms with van der Waals surface area (Å²) in [5.41, 5.74) is 1.75. The van der Waals surface area contributed by atoms with E-state index in [0.717, 1.165) is 26.2 Å². The van der Waals surface area contributed by atoms with Crippen LogP contribution in [0.25, 0.3) is 0 Å². The van der Waals surface area contributed by atoms with Crippen molar-refractivity contribution >= 4 is 17.2 Å². The molecule has 1 aliphatic heterocycles. The number of thiophene rings is 1. The lowest BCUT2D eigenvalue weighted by Crippen LogP contribution is -2.49. The van der Waals surface area contributed by atoms with Crippen molar-refractivity contribution < 1.29 is 9.32 Å². The van der Waals surface area contributed by atoms with Crippen LogP contribution in [0.4, 0.5) is 0 Å². The van der Waals surface area contributed by atoms with E-state index < -0.39 is 0 Å². The predicted molar refractivity (Wildman–Crippen MR) is 76.7 cm³/mol. The van der Waals surface area contributed by atoms with Crippen molar-refractivity contribution in [2.75, 3.05) is 26.2 Å². The molecule has 1 aliphatic rings. The van der Waals surface area contributed by atoms with E-state index >= 15 is 0 Å². The molecule has 5 nitrogen and oxygen atoms in total. The summed E-state index contributed by atoms with van der Waals surface area (Å²) in [6.07, 6.45) is 1.43. The van der Waals surface area contributed by atoms with Gasteiger partial charge in [-0.05, 0) is 29.3 Å². The molecule has 0 bridgehead atoms. The summed E-state index contributed by atoms with van der Waals surface area (Å²) in [4.78, 5) is 16.4. The highest BCUT2D eigenvalue weighted by molar-refractivity contribution is 7.07. The monoisotopic (exact) mass is 291 g/mol. The van der Waals surface area contributed by atoms with Crippen molar-refractivity contribution in [2.24, 2.45) is 0 Å². The summed E-state index contributed by atoms with van der Waals surface area (Å²) >= 11 is 1.73. The van der Waals surface area contributed by atoms with E-state index in [1.165, 1.54) is 11.8 Å². The van der Waals surface area contributed by atoms with Crippen LogP contribution in [0, 0.1) is 0 Å². The molecule has 0 N–H and O–H groups in total. The van der Waals surface area contributed by atoms with E-state index in [9.17, 15) is 4.79 Å². The molecule has 1 fully saturated rings. The first-order valence-electron chi connectivity index (χ1n) is 6.71. The number of hydrogen-bond acceptors (Lipinski definition) is 5. The van der Waals surface area contributed by atoms with Crippen molar-refractivity contribution in [3.63, 3.8) is 0 Å². The Morgan fingerprint density at radius 3 is 2.75 bits per heavy atom. The van der Waals surface area contributed by atoms with Gasteiger partial charge in [-0.1, -0.05) is 5.16 Å². The summed E-state index contributed by atoms with van der Waals surface area (Å²) in [6, 6.07) is 4.19. The summed E-state index contributed by atoms with van der Waals surface area (Å²) in [5.74, 6) is -0.0402. The molecule has 0 aromatic carbocycles. The van der Waals surface area contributed by atoms with E-state index in [1.807, 2.05) is 4.90 Å². The van der Waals surface area contributed by atoms with Gasteiger partial charge in [0.15, 0.2) is 5.69 Å². The number of nitrogens with zero attached hydrogens (tertiary/aromatic N) is 3. The number of carbonyl (C=O) groups excluding carboxylic acids is 1. The number of rotatable bonds is 3. The Morgan fingerprint density at radius 1 is 1.35 bits per heavy atom. The highest BCUT2D eigenvalue weighted by atomic mass is 32.1. The highest BCUT2D eigenvalue weighted by Crippen LogP contribution is 2.23. The average molecular weight is 291 g/mol. The van der Waals surface area contributed by atoms with Gasteiger partial charge in [-0.3, -0.25) is 9.69 Å². The maximum Gasteiger partial charge on any atom is 0.276 e. The van der Waals surface area contributed by atoms with Crippen LogP contribution < -0.4 is 0 Å². The molecule has 3 heterocycles. The van der Waals surface area contributed by atoms with Gasteiger partial charge in [0, 0.05) is 38.3 Å². The Hall–Kier alpha value is -1.66. The van der Waals surface area contributed by atoms with Crippen molar-refractivity contribution in [3.8, 4) is 0 Å². The number of amides is 1. The van der Waals surface area contributed by atoms with Crippen molar-refractivity contribution in [3.05, 3.63) is 40.4 Å². The van der Waals surface area contributed by atoms with Gasteiger partial charge in [-0.15, -0.1) is 0 Å². The van der Waals surface area contributed by atoms with Crippen LogP contribution >= 0.6 is 11.3 Å². The zero-order valence-electron chi connectivity index (χ0n) is 11.4. The van der Waals surface area contributed by atoms with Crippen LogP contribution in [0.2, 0.25) is 0 Å². The topological polar surface area (TPSA) is 49.6 Å². The second kappa shape index (κ2) is 5.76. The van der Waals surface area contributed by atoms with E-state index in [-0.39, 0.29) is 5.91 Å². The first-order chi connectivity index (χ1) is 9.75. The largest absolute Gasteiger partial charge is 0.364 e. The zero-order chi connectivity index (χ0) is 13.9. The molecular weight excluding hydrogens is 274 g/mol. The Morgan fingerprint density at radius 2 is 2.15 bits per heavy atom. The van der Waals surface area contributed by atoms with E-state index in [4.69, 9.17) is 4.52 Å². The van der Waals surface area contributed by atoms with E-state index in [0.29, 0.717) is 11.7 Å². The van der Waals surface area contributed by atoms with Gasteiger partial charge in [-0.25, -0.2) is 0 Å². The van der Waals surface area contributed by atoms with E-state index in [1.54, 1.807) is 17.4 Å². The minimum atomic E-state index is -0.0402. The molecule has 1 atom stereocenters. The summed E-state index contributed by atoms with van der Waals surface area (Å²) in [7, 11) is 0. The molecule has 2 aromatic rings. The molecule has 0 unspecified atom stereocenters. The second-order valence-electron chi connectivity index (χ2n) is 4.95. The number of carbonyl (C=O) groups is 1. The fraction of sp³-hybridized carbons (Fsp3) is 0.429. The van der Waals surface area contributed by atoms with Gasteiger partial charge in [-0.2, -0.15) is 11.3 Å². The quantitative estimate of drug-likeness (QED) is 0.870. The van der Waals surface area contributed by atoms with Crippen LogP contribution in [-0.2, 0) is 0 Å². The lowest BCUT2D eigenvalue weighted by atomic mass is 10.1. The molecule has 1 saturated heterocycles. The lowest BCUT2D eigenvalue weighted by Gasteiger charge is -2.37. The molecule has 0 aliphatic carbocycles. The minimum Gasteiger partial charge on any atom is -0.364 e. The number of aromatic nitrogens is 1. The SMILES string of the molecule is C[C@H](c1ccsc1)N1CCN(C(=O)c2ccon2)CC1. The first-order valence-corrected chi connectivity index (χ1v) is 7.66. The number of hydrogen-bond donors (Lipinski definition) is 0. The Balaban J connectivity index is 1.58. The summed E-state index contributed by atoms with van der Waals surface area (Å²) in [5, 5.41) is 8.01. The standard InChI is InChI=1S/C14H17N3O2S/c1-11(12-3-9-20-10-12)16-4-6-17(7-5-16)14(18)13-2-8-19-15-13/h2-3,8-11H,4-7H2,1H3/t11-/m1/s1. The normalized spacial score (nSPS) is 18.1. The maximum atomic E-state index is 12.2. The fourth-order valence-corrected chi connectivity index (χ4v) is 3.27. The van der Waals surface area contributed by atoms with Crippen LogP contribution in [0.1, 0.15) is 29.0 Å².